The molecule has 1 fully saturated rings. The van der Waals surface area contributed by atoms with Gasteiger partial charge in [0.05, 0.1) is 5.25 Å². The monoisotopic (exact) mass is 325 g/mol. The van der Waals surface area contributed by atoms with Crippen molar-refractivity contribution < 1.29 is 8.42 Å². The molecule has 0 bridgehead atoms. The highest BCUT2D eigenvalue weighted by Gasteiger charge is 2.30. The van der Waals surface area contributed by atoms with E-state index in [2.05, 4.69) is 34.5 Å². The summed E-state index contributed by atoms with van der Waals surface area (Å²) >= 11 is 3.41. The van der Waals surface area contributed by atoms with Crippen LogP contribution in [0.1, 0.15) is 52.4 Å². The zero-order valence-corrected chi connectivity index (χ0v) is 13.2. The Morgan fingerprint density at radius 2 is 1.88 bits per heavy atom. The molecule has 17 heavy (non-hydrogen) atoms. The second-order valence-corrected chi connectivity index (χ2v) is 8.57. The van der Waals surface area contributed by atoms with Crippen LogP contribution in [0.4, 0.5) is 0 Å². The normalized spacial score (nSPS) is 18.8. The van der Waals surface area contributed by atoms with Gasteiger partial charge >= 0.3 is 0 Å². The Morgan fingerprint density at radius 1 is 1.29 bits per heavy atom. The van der Waals surface area contributed by atoms with Gasteiger partial charge in [-0.25, -0.2) is 13.1 Å². The van der Waals surface area contributed by atoms with Crippen LogP contribution < -0.4 is 4.72 Å². The highest BCUT2D eigenvalue weighted by Crippen LogP contribution is 2.26. The number of hydrogen-bond acceptors (Lipinski definition) is 2. The van der Waals surface area contributed by atoms with Gasteiger partial charge in [0.2, 0.25) is 10.0 Å². The molecule has 1 rings (SSSR count). The number of halogens is 1. The fourth-order valence-electron chi connectivity index (χ4n) is 2.25. The van der Waals surface area contributed by atoms with Crippen LogP contribution in [0.3, 0.4) is 0 Å². The van der Waals surface area contributed by atoms with Gasteiger partial charge in [-0.3, -0.25) is 0 Å². The van der Waals surface area contributed by atoms with Crippen molar-refractivity contribution in [2.24, 2.45) is 5.41 Å². The van der Waals surface area contributed by atoms with E-state index in [1.807, 2.05) is 0 Å². The van der Waals surface area contributed by atoms with Gasteiger partial charge in [0, 0.05) is 11.9 Å². The zero-order valence-electron chi connectivity index (χ0n) is 10.8. The van der Waals surface area contributed by atoms with Crippen LogP contribution in [0, 0.1) is 5.41 Å². The molecule has 0 aromatic carbocycles. The van der Waals surface area contributed by atoms with E-state index in [1.165, 1.54) is 0 Å². The van der Waals surface area contributed by atoms with Crippen LogP contribution >= 0.6 is 15.9 Å². The van der Waals surface area contributed by atoms with E-state index in [9.17, 15) is 8.42 Å². The smallest absolute Gasteiger partial charge is 0.214 e. The van der Waals surface area contributed by atoms with Crippen LogP contribution in [0.5, 0.6) is 0 Å². The topological polar surface area (TPSA) is 46.2 Å². The Bertz CT molecular complexity index is 321. The molecule has 0 amide bonds. The fraction of sp³-hybridized carbons (Fsp3) is 1.00. The number of rotatable bonds is 7. The van der Waals surface area contributed by atoms with E-state index in [4.69, 9.17) is 0 Å². The maximum absolute atomic E-state index is 12.0. The van der Waals surface area contributed by atoms with Crippen molar-refractivity contribution >= 4 is 26.0 Å². The summed E-state index contributed by atoms with van der Waals surface area (Å²) in [7, 11) is -3.08. The third-order valence-corrected chi connectivity index (χ3v) is 5.94. The van der Waals surface area contributed by atoms with E-state index in [0.29, 0.717) is 6.54 Å². The van der Waals surface area contributed by atoms with Crippen LogP contribution in [0.2, 0.25) is 0 Å². The lowest BCUT2D eigenvalue weighted by molar-refractivity contribution is 0.331. The molecular formula is C12H24BrNO2S. The summed E-state index contributed by atoms with van der Waals surface area (Å²) in [6.45, 7) is 4.79. The van der Waals surface area contributed by atoms with E-state index >= 15 is 0 Å². The average Bonchev–Trinajstić information content (AvgIpc) is 2.78. The van der Waals surface area contributed by atoms with Gasteiger partial charge in [-0.15, -0.1) is 0 Å². The summed E-state index contributed by atoms with van der Waals surface area (Å²) in [6.07, 6.45) is 5.88. The van der Waals surface area contributed by atoms with Crippen LogP contribution in [-0.2, 0) is 10.0 Å². The third-order valence-electron chi connectivity index (χ3n) is 3.48. The summed E-state index contributed by atoms with van der Waals surface area (Å²) in [5, 5.41) is 0.834. The number of alkyl halides is 1. The van der Waals surface area contributed by atoms with Gasteiger partial charge < -0.3 is 0 Å². The van der Waals surface area contributed by atoms with Gasteiger partial charge in [0.25, 0.3) is 0 Å². The molecule has 102 valence electrons. The molecule has 0 radical (unpaired) electrons. The molecule has 0 aliphatic heterocycles. The SMILES string of the molecule is CC(C)(CCCBr)CNS(=O)(=O)C1CCCC1. The predicted molar refractivity (Wildman–Crippen MR) is 76.0 cm³/mol. The summed E-state index contributed by atoms with van der Waals surface area (Å²) in [5.74, 6) is 0. The molecule has 0 atom stereocenters. The molecule has 0 unspecified atom stereocenters. The molecule has 1 aliphatic carbocycles. The summed E-state index contributed by atoms with van der Waals surface area (Å²) in [5.41, 5.74) is 0.0411. The molecule has 0 saturated heterocycles. The Balaban J connectivity index is 2.43. The minimum Gasteiger partial charge on any atom is -0.214 e. The first kappa shape index (κ1) is 15.4. The maximum atomic E-state index is 12.0. The van der Waals surface area contributed by atoms with Crippen molar-refractivity contribution in [2.45, 2.75) is 57.6 Å². The second kappa shape index (κ2) is 6.53. The van der Waals surface area contributed by atoms with Crippen molar-refractivity contribution in [3.63, 3.8) is 0 Å². The maximum Gasteiger partial charge on any atom is 0.214 e. The minimum atomic E-state index is -3.08. The molecule has 1 saturated carbocycles. The van der Waals surface area contributed by atoms with Crippen LogP contribution in [-0.4, -0.2) is 25.5 Å². The molecular weight excluding hydrogens is 302 g/mol. The fourth-order valence-corrected chi connectivity index (χ4v) is 4.31. The first-order chi connectivity index (χ1) is 7.87. The summed E-state index contributed by atoms with van der Waals surface area (Å²) in [4.78, 5) is 0. The molecule has 0 aromatic rings. The molecule has 0 heterocycles. The molecule has 5 heteroatoms. The van der Waals surface area contributed by atoms with Gasteiger partial charge in [-0.05, 0) is 31.1 Å². The Labute approximate surface area is 114 Å². The van der Waals surface area contributed by atoms with Crippen molar-refractivity contribution in [1.82, 2.24) is 4.72 Å². The number of sulfonamides is 1. The van der Waals surface area contributed by atoms with Crippen LogP contribution in [0.15, 0.2) is 0 Å². The van der Waals surface area contributed by atoms with Crippen molar-refractivity contribution in [2.75, 3.05) is 11.9 Å². The van der Waals surface area contributed by atoms with Gasteiger partial charge in [0.1, 0.15) is 0 Å². The first-order valence-electron chi connectivity index (χ1n) is 6.42. The average molecular weight is 326 g/mol. The summed E-state index contributed by atoms with van der Waals surface area (Å²) < 4.78 is 26.9. The van der Waals surface area contributed by atoms with E-state index in [0.717, 1.165) is 43.9 Å². The molecule has 1 N–H and O–H groups in total. The van der Waals surface area contributed by atoms with Crippen molar-refractivity contribution in [3.05, 3.63) is 0 Å². The molecule has 0 spiro atoms. The van der Waals surface area contributed by atoms with Crippen molar-refractivity contribution in [1.29, 1.82) is 0 Å². The first-order valence-corrected chi connectivity index (χ1v) is 9.09. The van der Waals surface area contributed by atoms with E-state index in [1.54, 1.807) is 0 Å². The lowest BCUT2D eigenvalue weighted by atomic mass is 9.88. The molecule has 1 aliphatic rings. The van der Waals surface area contributed by atoms with E-state index < -0.39 is 10.0 Å². The minimum absolute atomic E-state index is 0.0411. The second-order valence-electron chi connectivity index (χ2n) is 5.73. The quantitative estimate of drug-likeness (QED) is 0.731. The number of nitrogens with one attached hydrogen (secondary N) is 1. The summed E-state index contributed by atoms with van der Waals surface area (Å²) in [6, 6.07) is 0. The van der Waals surface area contributed by atoms with Gasteiger partial charge in [-0.1, -0.05) is 42.6 Å². The largest absolute Gasteiger partial charge is 0.214 e. The van der Waals surface area contributed by atoms with Crippen LogP contribution in [0.25, 0.3) is 0 Å². The lowest BCUT2D eigenvalue weighted by Crippen LogP contribution is -2.38. The van der Waals surface area contributed by atoms with Crippen molar-refractivity contribution in [3.8, 4) is 0 Å². The lowest BCUT2D eigenvalue weighted by Gasteiger charge is -2.25. The highest BCUT2D eigenvalue weighted by molar-refractivity contribution is 9.09. The standard InChI is InChI=1S/C12H24BrNO2S/c1-12(2,8-5-9-13)10-14-17(15,16)11-6-3-4-7-11/h11,14H,3-10H2,1-2H3. The predicted octanol–water partition coefficient (Wildman–Crippen LogP) is 3.05. The zero-order chi connectivity index (χ0) is 12.9. The Kier molecular flexibility index (Phi) is 5.93. The molecule has 3 nitrogen and oxygen atoms in total. The number of hydrogen-bond donors (Lipinski definition) is 1. The van der Waals surface area contributed by atoms with E-state index in [-0.39, 0.29) is 10.7 Å². The Hall–Kier alpha value is 0.390. The third kappa shape index (κ3) is 5.26. The highest BCUT2D eigenvalue weighted by atomic mass is 79.9. The molecule has 0 aromatic heterocycles. The van der Waals surface area contributed by atoms with Gasteiger partial charge in [-0.2, -0.15) is 0 Å². The Morgan fingerprint density at radius 3 is 2.41 bits per heavy atom. The van der Waals surface area contributed by atoms with Gasteiger partial charge in [0.15, 0.2) is 0 Å².